The van der Waals surface area contributed by atoms with Crippen LogP contribution in [0.5, 0.6) is 0 Å². The van der Waals surface area contributed by atoms with Crippen LogP contribution in [-0.4, -0.2) is 76.4 Å². The number of rotatable bonds is 10. The Hall–Kier alpha value is -6.19. The Kier molecular flexibility index (Phi) is 18.6. The number of amides is 2. The number of likely N-dealkylation sites (tertiary alicyclic amines) is 2. The van der Waals surface area contributed by atoms with E-state index in [1.165, 1.54) is 36.4 Å². The van der Waals surface area contributed by atoms with Crippen LogP contribution in [0.15, 0.2) is 109 Å². The summed E-state index contributed by atoms with van der Waals surface area (Å²) in [5.74, 6) is 0. The number of hydrogen-bond acceptors (Lipinski definition) is 11. The molecule has 2 amide bonds. The summed E-state index contributed by atoms with van der Waals surface area (Å²) in [6.07, 6.45) is 3.94. The number of ether oxygens (including phenoxy) is 2. The first kappa shape index (κ1) is 44.2. The molecule has 56 heavy (non-hydrogen) atoms. The van der Waals surface area contributed by atoms with Crippen LogP contribution in [0, 0.1) is 20.2 Å². The summed E-state index contributed by atoms with van der Waals surface area (Å²) in [5.41, 5.74) is 9.29. The van der Waals surface area contributed by atoms with E-state index >= 15 is 0 Å². The SMILES string of the molecule is C.N[C@@H]1CCCN(C(=O)OCc2ccccc2)C1.O=C(OCc1ccccc1)N1CCC[C@@H](NCc2ccc([N+](=O)[O-])cc2)C1.O=Cc1ccc([N+](=O)[O-])cc1. The van der Waals surface area contributed by atoms with Gasteiger partial charge in [-0.3, -0.25) is 25.0 Å². The average molecular weight is 771 g/mol. The molecule has 2 atom stereocenters. The number of nitrogens with one attached hydrogen (secondary N) is 1. The van der Waals surface area contributed by atoms with Crippen molar-refractivity contribution in [3.05, 3.63) is 152 Å². The van der Waals surface area contributed by atoms with Crippen LogP contribution in [0.2, 0.25) is 0 Å². The maximum absolute atomic E-state index is 12.3. The topological polar surface area (TPSA) is 200 Å². The average Bonchev–Trinajstić information content (AvgIpc) is 3.22. The number of carbonyl (C=O) groups is 3. The smallest absolute Gasteiger partial charge is 0.410 e. The van der Waals surface area contributed by atoms with Gasteiger partial charge in [0.05, 0.1) is 9.85 Å². The summed E-state index contributed by atoms with van der Waals surface area (Å²) in [5, 5.41) is 24.2. The Morgan fingerprint density at radius 3 is 1.62 bits per heavy atom. The first-order chi connectivity index (χ1) is 26.6. The first-order valence-electron chi connectivity index (χ1n) is 17.9. The lowest BCUT2D eigenvalue weighted by atomic mass is 10.1. The standard InChI is InChI=1S/C20H23N3O4.C13H18N2O2.C7H5NO3.CH4/c24-20(27-15-17-5-2-1-3-6-17)22-12-4-7-18(14-22)21-13-16-8-10-19(11-9-16)23(25)26;14-12-7-4-8-15(9-12)13(16)17-10-11-5-2-1-3-6-11;9-5-6-1-3-7(4-2-6)8(10)11;/h1-3,5-6,8-11,18,21H,4,7,12-15H2;1-3,5-6,12H,4,7-10,14H2;1-5H;1H4/t18-;12-;;/m11../s1. The van der Waals surface area contributed by atoms with Gasteiger partial charge in [0, 0.05) is 74.6 Å². The number of aldehydes is 1. The maximum atomic E-state index is 12.3. The summed E-state index contributed by atoms with van der Waals surface area (Å²) in [7, 11) is 0. The molecule has 0 aromatic heterocycles. The molecule has 2 saturated heterocycles. The monoisotopic (exact) mass is 770 g/mol. The number of nitrogens with zero attached hydrogens (tertiary/aromatic N) is 4. The number of benzene rings is 4. The molecule has 4 aromatic carbocycles. The third-order valence-electron chi connectivity index (χ3n) is 8.79. The van der Waals surface area contributed by atoms with Gasteiger partial charge < -0.3 is 30.3 Å². The molecule has 0 aliphatic carbocycles. The fourth-order valence-corrected chi connectivity index (χ4v) is 5.78. The van der Waals surface area contributed by atoms with Crippen molar-refractivity contribution in [2.75, 3.05) is 26.2 Å². The van der Waals surface area contributed by atoms with Gasteiger partial charge in [-0.2, -0.15) is 0 Å². The fraction of sp³-hybridized carbons (Fsp3) is 0.341. The van der Waals surface area contributed by atoms with Crippen LogP contribution in [0.25, 0.3) is 0 Å². The highest BCUT2D eigenvalue weighted by Crippen LogP contribution is 2.16. The van der Waals surface area contributed by atoms with Crippen LogP contribution in [0.3, 0.4) is 0 Å². The first-order valence-corrected chi connectivity index (χ1v) is 17.9. The molecular formula is C41H50N6O9. The minimum absolute atomic E-state index is 0. The summed E-state index contributed by atoms with van der Waals surface area (Å²) >= 11 is 0. The van der Waals surface area contributed by atoms with E-state index in [1.807, 2.05) is 60.7 Å². The second-order valence-corrected chi connectivity index (χ2v) is 13.0. The molecule has 0 saturated carbocycles. The molecule has 2 aliphatic rings. The molecule has 15 heteroatoms. The summed E-state index contributed by atoms with van der Waals surface area (Å²) < 4.78 is 10.7. The predicted octanol–water partition coefficient (Wildman–Crippen LogP) is 7.28. The zero-order valence-corrected chi connectivity index (χ0v) is 30.4. The Morgan fingerprint density at radius 2 is 1.16 bits per heavy atom. The Morgan fingerprint density at radius 1 is 0.696 bits per heavy atom. The van der Waals surface area contributed by atoms with Gasteiger partial charge >= 0.3 is 12.2 Å². The van der Waals surface area contributed by atoms with E-state index in [9.17, 15) is 34.6 Å². The number of nitro benzene ring substituents is 2. The molecule has 3 N–H and O–H groups in total. The van der Waals surface area contributed by atoms with Crippen molar-refractivity contribution in [1.29, 1.82) is 0 Å². The van der Waals surface area contributed by atoms with Crippen LogP contribution in [-0.2, 0) is 29.2 Å². The van der Waals surface area contributed by atoms with Crippen LogP contribution < -0.4 is 11.1 Å². The van der Waals surface area contributed by atoms with E-state index in [-0.39, 0.29) is 49.7 Å². The van der Waals surface area contributed by atoms with E-state index in [4.69, 9.17) is 15.2 Å². The number of hydrogen-bond donors (Lipinski definition) is 2. The van der Waals surface area contributed by atoms with Gasteiger partial charge in [0.2, 0.25) is 0 Å². The van der Waals surface area contributed by atoms with E-state index in [0.29, 0.717) is 44.6 Å². The Bertz CT molecular complexity index is 1810. The minimum Gasteiger partial charge on any atom is -0.445 e. The molecule has 298 valence electrons. The molecule has 2 aliphatic heterocycles. The highest BCUT2D eigenvalue weighted by molar-refractivity contribution is 5.75. The second kappa shape index (κ2) is 23.6. The normalized spacial score (nSPS) is 15.9. The maximum Gasteiger partial charge on any atom is 0.410 e. The van der Waals surface area contributed by atoms with Crippen molar-refractivity contribution < 1.29 is 33.7 Å². The van der Waals surface area contributed by atoms with E-state index < -0.39 is 9.85 Å². The highest BCUT2D eigenvalue weighted by Gasteiger charge is 2.25. The molecule has 15 nitrogen and oxygen atoms in total. The van der Waals surface area contributed by atoms with Gasteiger partial charge in [-0.25, -0.2) is 9.59 Å². The lowest BCUT2D eigenvalue weighted by molar-refractivity contribution is -0.385. The van der Waals surface area contributed by atoms with E-state index in [1.54, 1.807) is 21.9 Å². The van der Waals surface area contributed by atoms with Crippen molar-refractivity contribution in [2.45, 2.75) is 65.0 Å². The van der Waals surface area contributed by atoms with Crippen LogP contribution in [0.1, 0.15) is 60.2 Å². The molecule has 0 radical (unpaired) electrons. The molecule has 6 rings (SSSR count). The number of non-ortho nitro benzene ring substituents is 2. The fourth-order valence-electron chi connectivity index (χ4n) is 5.78. The third kappa shape index (κ3) is 15.3. The van der Waals surface area contributed by atoms with Gasteiger partial charge in [0.1, 0.15) is 19.5 Å². The molecular weight excluding hydrogens is 720 g/mol. The summed E-state index contributed by atoms with van der Waals surface area (Å²) in [4.78, 5) is 57.5. The molecule has 2 heterocycles. The quantitative estimate of drug-likeness (QED) is 0.0933. The third-order valence-corrected chi connectivity index (χ3v) is 8.79. The van der Waals surface area contributed by atoms with Crippen molar-refractivity contribution in [1.82, 2.24) is 15.1 Å². The highest BCUT2D eigenvalue weighted by atomic mass is 16.6. The number of piperidine rings is 2. The number of carbonyl (C=O) groups excluding carboxylic acids is 3. The van der Waals surface area contributed by atoms with Crippen molar-refractivity contribution in [2.24, 2.45) is 5.73 Å². The van der Waals surface area contributed by atoms with Crippen molar-refractivity contribution in [3.8, 4) is 0 Å². The largest absolute Gasteiger partial charge is 0.445 e. The van der Waals surface area contributed by atoms with Gasteiger partial charge in [-0.1, -0.05) is 80.2 Å². The van der Waals surface area contributed by atoms with Gasteiger partial charge in [-0.05, 0) is 54.5 Å². The number of nitrogens with two attached hydrogens (primary N) is 1. The van der Waals surface area contributed by atoms with Crippen molar-refractivity contribution in [3.63, 3.8) is 0 Å². The molecule has 2 fully saturated rings. The lowest BCUT2D eigenvalue weighted by Gasteiger charge is -2.32. The summed E-state index contributed by atoms with van der Waals surface area (Å²) in [6, 6.07) is 31.5. The van der Waals surface area contributed by atoms with Gasteiger partial charge in [0.15, 0.2) is 0 Å². The van der Waals surface area contributed by atoms with Gasteiger partial charge in [-0.15, -0.1) is 0 Å². The van der Waals surface area contributed by atoms with E-state index in [0.717, 1.165) is 48.9 Å². The van der Waals surface area contributed by atoms with E-state index in [2.05, 4.69) is 5.32 Å². The molecule has 0 bridgehead atoms. The predicted molar refractivity (Wildman–Crippen MR) is 212 cm³/mol. The van der Waals surface area contributed by atoms with Crippen molar-refractivity contribution >= 4 is 29.8 Å². The lowest BCUT2D eigenvalue weighted by Crippen LogP contribution is -2.47. The second-order valence-electron chi connectivity index (χ2n) is 13.0. The zero-order valence-electron chi connectivity index (χ0n) is 30.4. The molecule has 0 unspecified atom stereocenters. The number of nitro groups is 2. The van der Waals surface area contributed by atoms with Crippen LogP contribution in [0.4, 0.5) is 21.0 Å². The Balaban J connectivity index is 0.000000247. The van der Waals surface area contributed by atoms with Crippen LogP contribution >= 0.6 is 0 Å². The van der Waals surface area contributed by atoms with Gasteiger partial charge in [0.25, 0.3) is 11.4 Å². The summed E-state index contributed by atoms with van der Waals surface area (Å²) in [6.45, 7) is 3.86. The Labute approximate surface area is 326 Å². The molecule has 4 aromatic rings. The minimum atomic E-state index is -0.505. The zero-order chi connectivity index (χ0) is 39.4. The molecule has 0 spiro atoms.